The van der Waals surface area contributed by atoms with Crippen LogP contribution in [0.5, 0.6) is 5.75 Å². The Morgan fingerprint density at radius 2 is 2.07 bits per heavy atom. The highest BCUT2D eigenvalue weighted by molar-refractivity contribution is 9.10. The topological polar surface area (TPSA) is 157 Å². The van der Waals surface area contributed by atoms with E-state index < -0.39 is 34.4 Å². The third-order valence-corrected chi connectivity index (χ3v) is 4.28. The smallest absolute Gasteiger partial charge is 0.349 e. The number of carbonyl (C=O) groups is 1. The molecule has 29 heavy (non-hydrogen) atoms. The van der Waals surface area contributed by atoms with Crippen LogP contribution in [0, 0.1) is 10.1 Å². The summed E-state index contributed by atoms with van der Waals surface area (Å²) < 4.78 is 5.65. The number of nitrogens with zero attached hydrogens (tertiary/aromatic N) is 3. The average molecular weight is 463 g/mol. The number of hydrogen-bond donors (Lipinski definition) is 2. The predicted molar refractivity (Wildman–Crippen MR) is 106 cm³/mol. The summed E-state index contributed by atoms with van der Waals surface area (Å²) in [5.41, 5.74) is -1.42. The molecule has 0 bridgehead atoms. The molecule has 0 aliphatic carbocycles. The fourth-order valence-corrected chi connectivity index (χ4v) is 3.05. The molecule has 0 radical (unpaired) electrons. The lowest BCUT2D eigenvalue weighted by Crippen LogP contribution is -2.32. The number of nitro groups is 1. The molecule has 0 atom stereocenters. The summed E-state index contributed by atoms with van der Waals surface area (Å²) >= 11 is 3.08. The van der Waals surface area contributed by atoms with E-state index in [0.717, 1.165) is 12.3 Å². The van der Waals surface area contributed by atoms with Crippen LogP contribution in [-0.4, -0.2) is 38.5 Å². The number of nitrogens with one attached hydrogen (secondary N) is 1. The minimum absolute atomic E-state index is 0.106. The van der Waals surface area contributed by atoms with Gasteiger partial charge in [0.25, 0.3) is 5.56 Å². The predicted octanol–water partition coefficient (Wildman–Crippen LogP) is 1.71. The molecule has 0 aliphatic rings. The molecule has 12 heteroatoms. The van der Waals surface area contributed by atoms with Crippen molar-refractivity contribution in [1.29, 1.82) is 0 Å². The van der Waals surface area contributed by atoms with Gasteiger partial charge in [0.1, 0.15) is 0 Å². The van der Waals surface area contributed by atoms with Crippen molar-refractivity contribution in [1.82, 2.24) is 9.66 Å². The number of ether oxygens (including phenoxy) is 1. The molecule has 0 spiro atoms. The van der Waals surface area contributed by atoms with Gasteiger partial charge >= 0.3 is 17.3 Å². The number of benzene rings is 2. The van der Waals surface area contributed by atoms with Gasteiger partial charge in [0.05, 0.1) is 26.5 Å². The summed E-state index contributed by atoms with van der Waals surface area (Å²) in [6.07, 6.45) is 1.09. The molecule has 2 aromatic carbocycles. The third-order valence-electron chi connectivity index (χ3n) is 3.69. The van der Waals surface area contributed by atoms with Crippen molar-refractivity contribution in [2.24, 2.45) is 5.10 Å². The highest BCUT2D eigenvalue weighted by atomic mass is 79.9. The van der Waals surface area contributed by atoms with Crippen LogP contribution in [0.1, 0.15) is 5.56 Å². The first-order valence-corrected chi connectivity index (χ1v) is 8.68. The van der Waals surface area contributed by atoms with Crippen molar-refractivity contribution in [2.45, 2.75) is 0 Å². The van der Waals surface area contributed by atoms with Gasteiger partial charge in [-0.1, -0.05) is 12.1 Å². The maximum Gasteiger partial charge on any atom is 0.349 e. The molecule has 0 saturated carbocycles. The van der Waals surface area contributed by atoms with E-state index in [4.69, 9.17) is 9.84 Å². The summed E-state index contributed by atoms with van der Waals surface area (Å²) in [4.78, 5) is 48.3. The minimum atomic E-state index is -1.30. The van der Waals surface area contributed by atoms with Gasteiger partial charge in [0, 0.05) is 11.6 Å². The number of nitro benzene ring substituents is 1. The van der Waals surface area contributed by atoms with Crippen LogP contribution in [0.4, 0.5) is 5.69 Å². The van der Waals surface area contributed by atoms with Crippen LogP contribution in [0.25, 0.3) is 10.9 Å². The summed E-state index contributed by atoms with van der Waals surface area (Å²) in [6.45, 7) is -0.769. The number of carboxylic acids is 1. The lowest BCUT2D eigenvalue weighted by molar-refractivity contribution is -0.385. The molecule has 1 heterocycles. The van der Waals surface area contributed by atoms with Crippen LogP contribution in [0.15, 0.2) is 55.6 Å². The maximum absolute atomic E-state index is 12.5. The minimum Gasteiger partial charge on any atom is -0.479 e. The molecule has 0 amide bonds. The number of para-hydroxylation sites is 1. The molecule has 0 fully saturated rings. The summed E-state index contributed by atoms with van der Waals surface area (Å²) in [5.74, 6) is -1.57. The SMILES string of the molecule is O=C(O)COc1c(Br)cc(C=Nn2c(=O)[nH]c3ccccc3c2=O)cc1[N+](=O)[O-]. The molecule has 1 aromatic heterocycles. The van der Waals surface area contributed by atoms with Crippen molar-refractivity contribution in [2.75, 3.05) is 6.61 Å². The number of H-pyrrole nitrogens is 1. The van der Waals surface area contributed by atoms with E-state index in [9.17, 15) is 24.5 Å². The molecule has 0 saturated heterocycles. The van der Waals surface area contributed by atoms with Crippen LogP contribution < -0.4 is 16.0 Å². The fourth-order valence-electron chi connectivity index (χ4n) is 2.47. The molecule has 148 valence electrons. The van der Waals surface area contributed by atoms with Gasteiger partial charge in [-0.15, -0.1) is 4.68 Å². The van der Waals surface area contributed by atoms with E-state index in [1.165, 1.54) is 12.1 Å². The first-order chi connectivity index (χ1) is 13.8. The van der Waals surface area contributed by atoms with Crippen LogP contribution in [-0.2, 0) is 4.79 Å². The van der Waals surface area contributed by atoms with Gasteiger partial charge in [-0.05, 0) is 34.1 Å². The van der Waals surface area contributed by atoms with Gasteiger partial charge in [0.2, 0.25) is 5.75 Å². The standard InChI is InChI=1S/C17H11BrN4O7/c18-11-5-9(6-13(22(27)28)15(11)29-8-14(23)24)7-19-21-16(25)10-3-1-2-4-12(10)20-17(21)26/h1-7H,8H2,(H,20,26)(H,23,24). The van der Waals surface area contributed by atoms with Crippen molar-refractivity contribution in [3.05, 3.63) is 77.4 Å². The largest absolute Gasteiger partial charge is 0.479 e. The van der Waals surface area contributed by atoms with Gasteiger partial charge in [-0.3, -0.25) is 14.9 Å². The second kappa shape index (κ2) is 8.06. The molecular weight excluding hydrogens is 452 g/mol. The first-order valence-electron chi connectivity index (χ1n) is 7.89. The van der Waals surface area contributed by atoms with Crippen LogP contribution in [0.2, 0.25) is 0 Å². The van der Waals surface area contributed by atoms with Crippen molar-refractivity contribution in [3.63, 3.8) is 0 Å². The lowest BCUT2D eigenvalue weighted by atomic mass is 10.2. The molecule has 0 unspecified atom stereocenters. The number of carboxylic acid groups (broad SMARTS) is 1. The van der Waals surface area contributed by atoms with Crippen LogP contribution >= 0.6 is 15.9 Å². The molecule has 3 aromatic rings. The molecule has 3 rings (SSSR count). The molecule has 2 N–H and O–H groups in total. The second-order valence-electron chi connectivity index (χ2n) is 5.63. The number of halogens is 1. The van der Waals surface area contributed by atoms with E-state index in [1.54, 1.807) is 18.2 Å². The highest BCUT2D eigenvalue weighted by Crippen LogP contribution is 2.36. The monoisotopic (exact) mass is 462 g/mol. The number of aromatic nitrogens is 2. The van der Waals surface area contributed by atoms with E-state index in [0.29, 0.717) is 10.2 Å². The van der Waals surface area contributed by atoms with E-state index in [1.807, 2.05) is 0 Å². The fraction of sp³-hybridized carbons (Fsp3) is 0.0588. The number of rotatable bonds is 6. The Balaban J connectivity index is 2.05. The van der Waals surface area contributed by atoms with Crippen molar-refractivity contribution < 1.29 is 19.6 Å². The van der Waals surface area contributed by atoms with Gasteiger partial charge in [-0.2, -0.15) is 5.10 Å². The molecular formula is C17H11BrN4O7. The van der Waals surface area contributed by atoms with E-state index in [2.05, 4.69) is 26.0 Å². The van der Waals surface area contributed by atoms with E-state index >= 15 is 0 Å². The summed E-state index contributed by atoms with van der Waals surface area (Å²) in [7, 11) is 0. The normalized spacial score (nSPS) is 11.1. The van der Waals surface area contributed by atoms with E-state index in [-0.39, 0.29) is 21.2 Å². The lowest BCUT2D eigenvalue weighted by Gasteiger charge is -2.07. The Morgan fingerprint density at radius 1 is 1.34 bits per heavy atom. The van der Waals surface area contributed by atoms with Gasteiger partial charge in [0.15, 0.2) is 6.61 Å². The Labute approximate surface area is 169 Å². The zero-order chi connectivity index (χ0) is 21.1. The quantitative estimate of drug-likeness (QED) is 0.320. The number of aliphatic carboxylic acids is 1. The zero-order valence-corrected chi connectivity index (χ0v) is 16.0. The van der Waals surface area contributed by atoms with Crippen molar-refractivity contribution in [3.8, 4) is 5.75 Å². The third kappa shape index (κ3) is 4.21. The zero-order valence-electron chi connectivity index (χ0n) is 14.4. The number of hydrogen-bond acceptors (Lipinski definition) is 7. The second-order valence-corrected chi connectivity index (χ2v) is 6.48. The number of aromatic amines is 1. The van der Waals surface area contributed by atoms with Gasteiger partial charge in [-0.25, -0.2) is 9.59 Å². The maximum atomic E-state index is 12.5. The van der Waals surface area contributed by atoms with Gasteiger partial charge < -0.3 is 14.8 Å². The average Bonchev–Trinajstić information content (AvgIpc) is 2.66. The molecule has 0 aliphatic heterocycles. The Hall–Kier alpha value is -3.80. The molecule has 11 nitrogen and oxygen atoms in total. The number of fused-ring (bicyclic) bond motifs is 1. The summed E-state index contributed by atoms with van der Waals surface area (Å²) in [6, 6.07) is 8.83. The Morgan fingerprint density at radius 3 is 2.76 bits per heavy atom. The van der Waals surface area contributed by atoms with Crippen LogP contribution in [0.3, 0.4) is 0 Å². The highest BCUT2D eigenvalue weighted by Gasteiger charge is 2.21. The Kier molecular flexibility index (Phi) is 5.54. The van der Waals surface area contributed by atoms with Crippen molar-refractivity contribution >= 4 is 44.7 Å². The summed E-state index contributed by atoms with van der Waals surface area (Å²) in [5, 5.41) is 24.1. The first kappa shape index (κ1) is 19.9. The Bertz CT molecular complexity index is 1280.